The summed E-state index contributed by atoms with van der Waals surface area (Å²) in [5.41, 5.74) is 0.648. The van der Waals surface area contributed by atoms with Crippen molar-refractivity contribution < 1.29 is 14.0 Å². The number of fused-ring (bicyclic) bond motifs is 1. The highest BCUT2D eigenvalue weighted by Crippen LogP contribution is 2.43. The lowest BCUT2D eigenvalue weighted by molar-refractivity contribution is -0.126. The summed E-state index contributed by atoms with van der Waals surface area (Å²) < 4.78 is 17.6. The predicted molar refractivity (Wildman–Crippen MR) is 169 cm³/mol. The van der Waals surface area contributed by atoms with Crippen molar-refractivity contribution in [3.63, 3.8) is 0 Å². The molecule has 1 aliphatic heterocycles. The first-order valence-corrected chi connectivity index (χ1v) is 16.2. The number of hydrogen-bond acceptors (Lipinski definition) is 4. The fourth-order valence-electron chi connectivity index (χ4n) is 6.39. The number of hydrogen-bond donors (Lipinski definition) is 2. The molecule has 6 rings (SSSR count). The zero-order chi connectivity index (χ0) is 30.2. The van der Waals surface area contributed by atoms with Gasteiger partial charge in [-0.15, -0.1) is 0 Å². The van der Waals surface area contributed by atoms with Gasteiger partial charge in [0.15, 0.2) is 0 Å². The molecule has 43 heavy (non-hydrogen) atoms. The lowest BCUT2D eigenvalue weighted by Gasteiger charge is -2.35. The molecular formula is C32H34Cl3FN4O3. The second-order valence-electron chi connectivity index (χ2n) is 12.0. The third kappa shape index (κ3) is 6.38. The Balaban J connectivity index is 1.24. The fourth-order valence-corrected chi connectivity index (χ4v) is 7.28. The second kappa shape index (κ2) is 12.7. The number of piperidine rings is 1. The molecule has 2 N–H and O–H groups in total. The minimum atomic E-state index is -0.618. The molecular weight excluding hydrogens is 614 g/mol. The molecule has 0 unspecified atom stereocenters. The number of nitrogens with zero attached hydrogens (tertiary/aromatic N) is 2. The molecule has 0 radical (unpaired) electrons. The lowest BCUT2D eigenvalue weighted by atomic mass is 9.92. The first kappa shape index (κ1) is 30.2. The van der Waals surface area contributed by atoms with E-state index in [0.717, 1.165) is 38.5 Å². The number of carbonyl (C=O) groups excluding carboxylic acids is 2. The van der Waals surface area contributed by atoms with E-state index >= 15 is 4.39 Å². The molecule has 0 atom stereocenters. The molecule has 2 amide bonds. The van der Waals surface area contributed by atoms with E-state index < -0.39 is 17.2 Å². The number of pyridine rings is 1. The van der Waals surface area contributed by atoms with Crippen molar-refractivity contribution in [3.05, 3.63) is 72.7 Å². The highest BCUT2D eigenvalue weighted by molar-refractivity contribution is 6.38. The fraction of sp³-hybridized carbons (Fsp3) is 0.469. The minimum Gasteiger partial charge on any atom is -0.368 e. The van der Waals surface area contributed by atoms with Crippen LogP contribution in [0.3, 0.4) is 0 Å². The van der Waals surface area contributed by atoms with Crippen molar-refractivity contribution in [3.8, 4) is 0 Å². The van der Waals surface area contributed by atoms with Crippen LogP contribution in [0.2, 0.25) is 15.1 Å². The van der Waals surface area contributed by atoms with E-state index in [1.165, 1.54) is 18.7 Å². The second-order valence-corrected chi connectivity index (χ2v) is 13.2. The molecule has 7 nitrogen and oxygen atoms in total. The Hall–Kier alpha value is -2.81. The maximum absolute atomic E-state index is 15.8. The minimum absolute atomic E-state index is 0.0605. The Kier molecular flexibility index (Phi) is 8.90. The van der Waals surface area contributed by atoms with Crippen LogP contribution in [0.1, 0.15) is 79.8 Å². The number of benzene rings is 2. The SMILES string of the molecule is O=C(NCc1ccc(Cl)cc1Cl)c1cn(C2CC2)c2c(Cl)c(N3CCC(C(=O)NC4CCCCC4)CC3)c(F)cc2c1=O. The maximum atomic E-state index is 15.8. The molecule has 2 aliphatic carbocycles. The first-order valence-electron chi connectivity index (χ1n) is 15.1. The van der Waals surface area contributed by atoms with Crippen LogP contribution in [0.15, 0.2) is 35.3 Å². The summed E-state index contributed by atoms with van der Waals surface area (Å²) in [5.74, 6) is -1.23. The summed E-state index contributed by atoms with van der Waals surface area (Å²) in [7, 11) is 0. The Morgan fingerprint density at radius 3 is 2.35 bits per heavy atom. The highest BCUT2D eigenvalue weighted by atomic mass is 35.5. The number of rotatable bonds is 7. The maximum Gasteiger partial charge on any atom is 0.257 e. The molecule has 2 saturated carbocycles. The van der Waals surface area contributed by atoms with Crippen molar-refractivity contribution >= 4 is 63.2 Å². The van der Waals surface area contributed by atoms with Crippen LogP contribution in [0.25, 0.3) is 10.9 Å². The topological polar surface area (TPSA) is 83.4 Å². The molecule has 11 heteroatoms. The number of amides is 2. The third-order valence-corrected chi connectivity index (χ3v) is 9.90. The van der Waals surface area contributed by atoms with Gasteiger partial charge < -0.3 is 20.1 Å². The zero-order valence-corrected chi connectivity index (χ0v) is 26.0. The van der Waals surface area contributed by atoms with Crippen LogP contribution in [0, 0.1) is 11.7 Å². The number of carbonyl (C=O) groups is 2. The molecule has 2 aromatic carbocycles. The van der Waals surface area contributed by atoms with Crippen LogP contribution in [0.4, 0.5) is 10.1 Å². The van der Waals surface area contributed by atoms with Crippen molar-refractivity contribution in [2.45, 2.75) is 76.4 Å². The van der Waals surface area contributed by atoms with Gasteiger partial charge >= 0.3 is 0 Å². The van der Waals surface area contributed by atoms with Gasteiger partial charge in [-0.25, -0.2) is 4.39 Å². The number of halogens is 4. The molecule has 1 saturated heterocycles. The lowest BCUT2D eigenvalue weighted by Crippen LogP contribution is -2.44. The van der Waals surface area contributed by atoms with Gasteiger partial charge in [-0.1, -0.05) is 60.1 Å². The van der Waals surface area contributed by atoms with Crippen molar-refractivity contribution in [1.29, 1.82) is 0 Å². The average molecular weight is 648 g/mol. The monoisotopic (exact) mass is 646 g/mol. The third-order valence-electron chi connectivity index (χ3n) is 8.96. The van der Waals surface area contributed by atoms with E-state index in [4.69, 9.17) is 34.8 Å². The van der Waals surface area contributed by atoms with Crippen molar-refractivity contribution in [2.75, 3.05) is 18.0 Å². The summed E-state index contributed by atoms with van der Waals surface area (Å²) in [5, 5.41) is 7.07. The van der Waals surface area contributed by atoms with Crippen LogP contribution in [-0.4, -0.2) is 35.5 Å². The van der Waals surface area contributed by atoms with Crippen LogP contribution in [0.5, 0.6) is 0 Å². The molecule has 0 spiro atoms. The molecule has 3 aliphatic rings. The quantitative estimate of drug-likeness (QED) is 0.289. The highest BCUT2D eigenvalue weighted by Gasteiger charge is 2.33. The van der Waals surface area contributed by atoms with Crippen molar-refractivity contribution in [2.24, 2.45) is 5.92 Å². The summed E-state index contributed by atoms with van der Waals surface area (Å²) in [4.78, 5) is 41.5. The van der Waals surface area contributed by atoms with E-state index in [0.29, 0.717) is 47.1 Å². The molecule has 0 bridgehead atoms. The number of nitrogens with one attached hydrogen (secondary N) is 2. The van der Waals surface area contributed by atoms with E-state index in [1.807, 2.05) is 9.47 Å². The Labute approximate surface area is 264 Å². The van der Waals surface area contributed by atoms with Crippen LogP contribution >= 0.6 is 34.8 Å². The molecule has 3 aromatic rings. The van der Waals surface area contributed by atoms with Gasteiger partial charge in [0.1, 0.15) is 11.4 Å². The molecule has 1 aromatic heterocycles. The summed E-state index contributed by atoms with van der Waals surface area (Å²) in [6.07, 6.45) is 10.1. The molecule has 3 fully saturated rings. The Morgan fingerprint density at radius 2 is 1.67 bits per heavy atom. The van der Waals surface area contributed by atoms with E-state index in [9.17, 15) is 14.4 Å². The normalized spacial score (nSPS) is 18.2. The Morgan fingerprint density at radius 1 is 0.953 bits per heavy atom. The van der Waals surface area contributed by atoms with Gasteiger partial charge in [-0.05, 0) is 62.3 Å². The van der Waals surface area contributed by atoms with Crippen LogP contribution < -0.4 is 21.0 Å². The van der Waals surface area contributed by atoms with E-state index in [2.05, 4.69) is 10.6 Å². The predicted octanol–water partition coefficient (Wildman–Crippen LogP) is 7.03. The van der Waals surface area contributed by atoms with Gasteiger partial charge in [0.2, 0.25) is 11.3 Å². The largest absolute Gasteiger partial charge is 0.368 e. The van der Waals surface area contributed by atoms with Gasteiger partial charge in [-0.3, -0.25) is 14.4 Å². The van der Waals surface area contributed by atoms with Gasteiger partial charge in [0, 0.05) is 53.9 Å². The van der Waals surface area contributed by atoms with Crippen LogP contribution in [-0.2, 0) is 11.3 Å². The first-order chi connectivity index (χ1) is 20.7. The summed E-state index contributed by atoms with van der Waals surface area (Å²) >= 11 is 19.1. The Bertz CT molecular complexity index is 1630. The average Bonchev–Trinajstić information content (AvgIpc) is 3.84. The zero-order valence-electron chi connectivity index (χ0n) is 23.7. The van der Waals surface area contributed by atoms with Gasteiger partial charge in [0.05, 0.1) is 21.6 Å². The van der Waals surface area contributed by atoms with E-state index in [-0.39, 0.29) is 52.1 Å². The van der Waals surface area contributed by atoms with Gasteiger partial charge in [-0.2, -0.15) is 0 Å². The standard InChI is InChI=1S/C32H34Cl3FN4O3/c33-20-7-6-19(25(34)14-20)16-37-32(43)24-17-40(22-8-9-22)28-23(30(24)41)15-26(36)29(27(28)35)39-12-10-18(11-13-39)31(42)38-21-4-2-1-3-5-21/h6-7,14-15,17-18,21-22H,1-5,8-13,16H2,(H,37,43)(H,38,42). The van der Waals surface area contributed by atoms with Crippen molar-refractivity contribution in [1.82, 2.24) is 15.2 Å². The summed E-state index contributed by atoms with van der Waals surface area (Å²) in [6, 6.07) is 6.47. The number of aromatic nitrogens is 1. The number of anilines is 1. The summed E-state index contributed by atoms with van der Waals surface area (Å²) in [6.45, 7) is 1.05. The molecule has 228 valence electrons. The van der Waals surface area contributed by atoms with E-state index in [1.54, 1.807) is 18.2 Å². The molecule has 2 heterocycles. The van der Waals surface area contributed by atoms with Gasteiger partial charge in [0.25, 0.3) is 5.91 Å². The smallest absolute Gasteiger partial charge is 0.257 e.